The smallest absolute Gasteiger partial charge is 0.179 e. The highest BCUT2D eigenvalue weighted by Crippen LogP contribution is 2.38. The Balaban J connectivity index is 1.99. The maximum Gasteiger partial charge on any atom is 0.179 e. The molecule has 2 N–H and O–H groups in total. The van der Waals surface area contributed by atoms with Crippen LogP contribution in [0.4, 0.5) is 11.4 Å². The molecule has 0 fully saturated rings. The van der Waals surface area contributed by atoms with Crippen molar-refractivity contribution in [1.82, 2.24) is 4.98 Å². The molecule has 0 bridgehead atoms. The first-order valence-electron chi connectivity index (χ1n) is 8.05. The summed E-state index contributed by atoms with van der Waals surface area (Å²) in [5.41, 5.74) is 3.48. The minimum atomic E-state index is -3.30. The van der Waals surface area contributed by atoms with E-state index < -0.39 is 9.84 Å². The topological polar surface area (TPSA) is 103 Å². The molecule has 0 saturated heterocycles. The van der Waals surface area contributed by atoms with Crippen LogP contribution in [0.15, 0.2) is 41.4 Å². The van der Waals surface area contributed by atoms with Crippen molar-refractivity contribution in [3.63, 3.8) is 0 Å². The average molecular weight is 365 g/mol. The van der Waals surface area contributed by atoms with Crippen LogP contribution < -0.4 is 5.32 Å². The molecule has 4 rings (SSSR count). The van der Waals surface area contributed by atoms with Gasteiger partial charge in [-0.05, 0) is 42.7 Å². The molecule has 1 aliphatic heterocycles. The summed E-state index contributed by atoms with van der Waals surface area (Å²) in [5, 5.41) is 23.3. The lowest BCUT2D eigenvalue weighted by atomic mass is 10.0. The number of aromatic nitrogens is 1. The van der Waals surface area contributed by atoms with E-state index in [1.165, 1.54) is 6.20 Å². The van der Waals surface area contributed by atoms with Crippen LogP contribution in [0.1, 0.15) is 16.7 Å². The molecule has 1 aromatic heterocycles. The first kappa shape index (κ1) is 16.4. The van der Waals surface area contributed by atoms with Crippen molar-refractivity contribution >= 4 is 32.1 Å². The highest BCUT2D eigenvalue weighted by molar-refractivity contribution is 7.91. The highest BCUT2D eigenvalue weighted by Gasteiger charge is 2.29. The van der Waals surface area contributed by atoms with Gasteiger partial charge in [0.05, 0.1) is 27.4 Å². The van der Waals surface area contributed by atoms with E-state index >= 15 is 0 Å². The van der Waals surface area contributed by atoms with Crippen LogP contribution in [0.2, 0.25) is 0 Å². The van der Waals surface area contributed by atoms with E-state index in [2.05, 4.69) is 16.4 Å². The molecule has 0 radical (unpaired) electrons. The van der Waals surface area contributed by atoms with Gasteiger partial charge >= 0.3 is 0 Å². The number of rotatable bonds is 2. The zero-order valence-corrected chi connectivity index (χ0v) is 14.8. The van der Waals surface area contributed by atoms with Gasteiger partial charge in [-0.3, -0.25) is 4.98 Å². The Labute approximate surface area is 150 Å². The number of anilines is 2. The van der Waals surface area contributed by atoms with Crippen molar-refractivity contribution in [2.75, 3.05) is 11.1 Å². The largest absolute Gasteiger partial charge is 0.508 e. The first-order valence-corrected chi connectivity index (χ1v) is 9.70. The van der Waals surface area contributed by atoms with E-state index in [-0.39, 0.29) is 11.5 Å². The fourth-order valence-electron chi connectivity index (χ4n) is 3.27. The normalized spacial score (nSPS) is 14.8. The number of nitrogens with zero attached hydrogens (tertiary/aromatic N) is 2. The number of fused-ring (bicyclic) bond motifs is 3. The van der Waals surface area contributed by atoms with Crippen LogP contribution in [-0.4, -0.2) is 24.3 Å². The molecule has 0 aliphatic carbocycles. The van der Waals surface area contributed by atoms with Crippen molar-refractivity contribution in [1.29, 1.82) is 5.26 Å². The molecule has 0 unspecified atom stereocenters. The lowest BCUT2D eigenvalue weighted by Gasteiger charge is -2.14. The number of pyridine rings is 1. The van der Waals surface area contributed by atoms with Crippen molar-refractivity contribution in [2.24, 2.45) is 0 Å². The summed E-state index contributed by atoms with van der Waals surface area (Å²) >= 11 is 0. The molecule has 0 amide bonds. The third-order valence-corrected chi connectivity index (χ3v) is 6.45. The zero-order valence-electron chi connectivity index (χ0n) is 13.9. The molecule has 0 atom stereocenters. The maximum absolute atomic E-state index is 12.3. The van der Waals surface area contributed by atoms with Gasteiger partial charge in [0, 0.05) is 23.3 Å². The van der Waals surface area contributed by atoms with Gasteiger partial charge in [-0.2, -0.15) is 5.26 Å². The molecule has 2 heterocycles. The molecule has 130 valence electrons. The van der Waals surface area contributed by atoms with Gasteiger partial charge < -0.3 is 10.4 Å². The summed E-state index contributed by atoms with van der Waals surface area (Å²) in [5.74, 6) is 0.197. The van der Waals surface area contributed by atoms with Gasteiger partial charge in [-0.15, -0.1) is 0 Å². The number of phenols is 1. The molecule has 6 nitrogen and oxygen atoms in total. The summed E-state index contributed by atoms with van der Waals surface area (Å²) in [6.45, 7) is 1.79. The summed E-state index contributed by atoms with van der Waals surface area (Å²) in [6, 6.07) is 10.5. The second kappa shape index (κ2) is 5.71. The lowest BCUT2D eigenvalue weighted by Crippen LogP contribution is -2.00. The van der Waals surface area contributed by atoms with E-state index in [1.807, 2.05) is 0 Å². The Morgan fingerprint density at radius 3 is 2.81 bits per heavy atom. The van der Waals surface area contributed by atoms with Crippen LogP contribution in [-0.2, 0) is 16.3 Å². The molecular weight excluding hydrogens is 350 g/mol. The molecule has 26 heavy (non-hydrogen) atoms. The van der Waals surface area contributed by atoms with E-state index in [0.29, 0.717) is 44.7 Å². The molecule has 1 aliphatic rings. The van der Waals surface area contributed by atoms with E-state index in [9.17, 15) is 18.8 Å². The Morgan fingerprint density at radius 2 is 2.08 bits per heavy atom. The van der Waals surface area contributed by atoms with Gasteiger partial charge in [0.15, 0.2) is 9.84 Å². The minimum Gasteiger partial charge on any atom is -0.508 e. The SMILES string of the molecule is Cc1ccc(Nc2c(C#N)cnc3ccc4c(c23)CCS4(=O)=O)cc1O. The fraction of sp³-hybridized carbons (Fsp3) is 0.158. The van der Waals surface area contributed by atoms with Gasteiger partial charge in [0.25, 0.3) is 0 Å². The number of aryl methyl sites for hydroxylation is 2. The number of nitriles is 1. The van der Waals surface area contributed by atoms with Gasteiger partial charge in [0.2, 0.25) is 0 Å². The molecule has 7 heteroatoms. The monoisotopic (exact) mass is 365 g/mol. The average Bonchev–Trinajstić information content (AvgIpc) is 2.93. The maximum atomic E-state index is 12.3. The summed E-state index contributed by atoms with van der Waals surface area (Å²) in [7, 11) is -3.30. The highest BCUT2D eigenvalue weighted by atomic mass is 32.2. The van der Waals surface area contributed by atoms with Crippen molar-refractivity contribution in [3.8, 4) is 11.8 Å². The third kappa shape index (κ3) is 2.47. The number of nitrogens with one attached hydrogen (secondary N) is 1. The Hall–Kier alpha value is -3.11. The minimum absolute atomic E-state index is 0.0585. The number of sulfone groups is 1. The van der Waals surface area contributed by atoms with Gasteiger partial charge in [-0.1, -0.05) is 6.07 Å². The van der Waals surface area contributed by atoms with Gasteiger partial charge in [0.1, 0.15) is 11.8 Å². The number of benzene rings is 2. The molecule has 3 aromatic rings. The van der Waals surface area contributed by atoms with Gasteiger partial charge in [-0.25, -0.2) is 8.42 Å². The summed E-state index contributed by atoms with van der Waals surface area (Å²) < 4.78 is 24.5. The molecule has 0 spiro atoms. The van der Waals surface area contributed by atoms with Crippen LogP contribution >= 0.6 is 0 Å². The van der Waals surface area contributed by atoms with Crippen molar-refractivity contribution in [2.45, 2.75) is 18.2 Å². The standard InChI is InChI=1S/C19H15N3O3S/c1-11-2-3-13(8-16(11)23)22-19-12(9-20)10-21-15-4-5-17-14(18(15)19)6-7-26(17,24)25/h2-5,8,10,23H,6-7H2,1H3,(H,21,22). The lowest BCUT2D eigenvalue weighted by molar-refractivity contribution is 0.471. The van der Waals surface area contributed by atoms with Crippen LogP contribution in [0.5, 0.6) is 5.75 Å². The Morgan fingerprint density at radius 1 is 1.27 bits per heavy atom. The van der Waals surface area contributed by atoms with Crippen LogP contribution in [0, 0.1) is 18.3 Å². The molecular formula is C19H15N3O3S. The van der Waals surface area contributed by atoms with Crippen LogP contribution in [0.25, 0.3) is 10.9 Å². The second-order valence-corrected chi connectivity index (χ2v) is 8.37. The van der Waals surface area contributed by atoms with Crippen molar-refractivity contribution < 1.29 is 13.5 Å². The molecule has 0 saturated carbocycles. The second-order valence-electron chi connectivity index (χ2n) is 6.29. The number of hydrogen-bond donors (Lipinski definition) is 2. The fourth-order valence-corrected chi connectivity index (χ4v) is 4.82. The quantitative estimate of drug-likeness (QED) is 0.723. The van der Waals surface area contributed by atoms with E-state index in [4.69, 9.17) is 0 Å². The number of aromatic hydroxyl groups is 1. The predicted molar refractivity (Wildman–Crippen MR) is 98.3 cm³/mol. The predicted octanol–water partition coefficient (Wildman–Crippen LogP) is 3.19. The van der Waals surface area contributed by atoms with Crippen LogP contribution in [0.3, 0.4) is 0 Å². The number of phenolic OH excluding ortho intramolecular Hbond substituents is 1. The zero-order chi connectivity index (χ0) is 18.5. The molecule has 2 aromatic carbocycles. The summed E-state index contributed by atoms with van der Waals surface area (Å²) in [4.78, 5) is 4.61. The summed E-state index contributed by atoms with van der Waals surface area (Å²) in [6.07, 6.45) is 1.86. The first-order chi connectivity index (χ1) is 12.4. The van der Waals surface area contributed by atoms with E-state index in [0.717, 1.165) is 5.56 Å². The third-order valence-electron chi connectivity index (χ3n) is 4.65. The van der Waals surface area contributed by atoms with Crippen molar-refractivity contribution in [3.05, 3.63) is 53.2 Å². The Bertz CT molecular complexity index is 1210. The Kier molecular flexibility index (Phi) is 3.60. The number of hydrogen-bond acceptors (Lipinski definition) is 6. The van der Waals surface area contributed by atoms with E-state index in [1.54, 1.807) is 37.3 Å².